The lowest BCUT2D eigenvalue weighted by Crippen LogP contribution is -2.38. The summed E-state index contributed by atoms with van der Waals surface area (Å²) in [6.45, 7) is 6.91. The quantitative estimate of drug-likeness (QED) is 0.371. The first-order valence-corrected chi connectivity index (χ1v) is 11.8. The van der Waals surface area contributed by atoms with Crippen molar-refractivity contribution in [2.24, 2.45) is 0 Å². The first-order chi connectivity index (χ1) is 16.3. The number of ketones is 1. The van der Waals surface area contributed by atoms with Gasteiger partial charge in [0, 0.05) is 30.6 Å². The third-order valence-electron chi connectivity index (χ3n) is 6.27. The van der Waals surface area contributed by atoms with Crippen LogP contribution >= 0.6 is 0 Å². The standard InChI is InChI=1S/C26H24F3NO2.C2H6/c1-2-24(31)19-11-9-17(10-12-19)18-13-15-30(16-14-18)25(32)22-7-3-6-21-20(22)5-4-8-23(21)26(27,28)29;1-2/h3-12,18H,2,13-16H2,1H3;1-2H3. The second-order valence-electron chi connectivity index (χ2n) is 8.17. The third-order valence-corrected chi connectivity index (χ3v) is 6.27. The normalized spacial score (nSPS) is 14.5. The summed E-state index contributed by atoms with van der Waals surface area (Å²) in [7, 11) is 0. The summed E-state index contributed by atoms with van der Waals surface area (Å²) in [5.74, 6) is 0.159. The number of benzene rings is 3. The molecule has 3 aromatic carbocycles. The summed E-state index contributed by atoms with van der Waals surface area (Å²) in [5, 5.41) is 0.369. The highest BCUT2D eigenvalue weighted by Gasteiger charge is 2.33. The zero-order chi connectivity index (χ0) is 24.9. The van der Waals surface area contributed by atoms with E-state index in [2.05, 4.69) is 0 Å². The number of hydrogen-bond donors (Lipinski definition) is 0. The molecule has 0 radical (unpaired) electrons. The van der Waals surface area contributed by atoms with Crippen LogP contribution in [0.2, 0.25) is 0 Å². The van der Waals surface area contributed by atoms with Crippen molar-refractivity contribution in [3.8, 4) is 0 Å². The zero-order valence-electron chi connectivity index (χ0n) is 19.8. The minimum absolute atomic E-state index is 0.0439. The van der Waals surface area contributed by atoms with Gasteiger partial charge in [0.2, 0.25) is 0 Å². The Morgan fingerprint density at radius 3 is 2.06 bits per heavy atom. The molecule has 34 heavy (non-hydrogen) atoms. The summed E-state index contributed by atoms with van der Waals surface area (Å²) in [4.78, 5) is 26.7. The number of Topliss-reactive ketones (excluding diaryl/α,β-unsaturated/α-hetero) is 1. The molecule has 0 bridgehead atoms. The maximum atomic E-state index is 13.4. The molecule has 0 N–H and O–H groups in total. The number of amides is 1. The fraction of sp³-hybridized carbons (Fsp3) is 0.357. The van der Waals surface area contributed by atoms with Gasteiger partial charge in [0.05, 0.1) is 5.56 Å². The molecular weight excluding hydrogens is 439 g/mol. The Kier molecular flexibility index (Phi) is 8.13. The molecule has 1 saturated heterocycles. The molecule has 3 aromatic rings. The van der Waals surface area contributed by atoms with Crippen molar-refractivity contribution in [1.29, 1.82) is 0 Å². The van der Waals surface area contributed by atoms with Crippen LogP contribution in [-0.4, -0.2) is 29.7 Å². The number of hydrogen-bond acceptors (Lipinski definition) is 2. The summed E-state index contributed by atoms with van der Waals surface area (Å²) in [6, 6.07) is 16.2. The van der Waals surface area contributed by atoms with E-state index < -0.39 is 11.7 Å². The molecule has 180 valence electrons. The van der Waals surface area contributed by atoms with Gasteiger partial charge in [0.15, 0.2) is 5.78 Å². The van der Waals surface area contributed by atoms with Crippen LogP contribution in [0.1, 0.15) is 77.8 Å². The van der Waals surface area contributed by atoms with Gasteiger partial charge in [-0.2, -0.15) is 13.2 Å². The Morgan fingerprint density at radius 2 is 1.47 bits per heavy atom. The van der Waals surface area contributed by atoms with Crippen LogP contribution in [0.25, 0.3) is 10.8 Å². The monoisotopic (exact) mass is 469 g/mol. The van der Waals surface area contributed by atoms with E-state index >= 15 is 0 Å². The van der Waals surface area contributed by atoms with Crippen molar-refractivity contribution in [3.63, 3.8) is 0 Å². The molecule has 0 spiro atoms. The lowest BCUT2D eigenvalue weighted by Gasteiger charge is -2.32. The molecule has 4 rings (SSSR count). The molecule has 0 saturated carbocycles. The molecule has 1 aliphatic heterocycles. The van der Waals surface area contributed by atoms with E-state index in [1.54, 1.807) is 17.0 Å². The zero-order valence-corrected chi connectivity index (χ0v) is 19.8. The highest BCUT2D eigenvalue weighted by Crippen LogP contribution is 2.36. The summed E-state index contributed by atoms with van der Waals surface area (Å²) in [6.07, 6.45) is -2.47. The first kappa shape index (κ1) is 25.5. The van der Waals surface area contributed by atoms with Crippen LogP contribution in [0.3, 0.4) is 0 Å². The van der Waals surface area contributed by atoms with Crippen molar-refractivity contribution in [3.05, 3.63) is 82.9 Å². The number of halogens is 3. The fourth-order valence-electron chi connectivity index (χ4n) is 4.48. The molecule has 1 fully saturated rings. The Morgan fingerprint density at radius 1 is 0.882 bits per heavy atom. The predicted molar refractivity (Wildman–Crippen MR) is 129 cm³/mol. The Labute approximate surface area is 198 Å². The smallest absolute Gasteiger partial charge is 0.339 e. The number of nitrogens with zero attached hydrogens (tertiary/aromatic N) is 1. The minimum atomic E-state index is -4.48. The van der Waals surface area contributed by atoms with Crippen molar-refractivity contribution >= 4 is 22.5 Å². The van der Waals surface area contributed by atoms with Gasteiger partial charge in [0.1, 0.15) is 0 Å². The number of piperidine rings is 1. The second-order valence-corrected chi connectivity index (χ2v) is 8.17. The highest BCUT2D eigenvalue weighted by atomic mass is 19.4. The van der Waals surface area contributed by atoms with E-state index in [4.69, 9.17) is 0 Å². The van der Waals surface area contributed by atoms with Gasteiger partial charge in [-0.05, 0) is 47.2 Å². The van der Waals surface area contributed by atoms with Crippen molar-refractivity contribution in [2.75, 3.05) is 13.1 Å². The van der Waals surface area contributed by atoms with Crippen LogP contribution in [0.15, 0.2) is 60.7 Å². The topological polar surface area (TPSA) is 37.4 Å². The summed E-state index contributed by atoms with van der Waals surface area (Å²) < 4.78 is 40.2. The minimum Gasteiger partial charge on any atom is -0.339 e. The first-order valence-electron chi connectivity index (χ1n) is 11.8. The Hall–Kier alpha value is -3.15. The number of likely N-dealkylation sites (tertiary alicyclic amines) is 1. The van der Waals surface area contributed by atoms with Gasteiger partial charge in [-0.3, -0.25) is 9.59 Å². The number of carbonyl (C=O) groups excluding carboxylic acids is 2. The van der Waals surface area contributed by atoms with Gasteiger partial charge < -0.3 is 4.90 Å². The van der Waals surface area contributed by atoms with E-state index in [1.165, 1.54) is 18.2 Å². The molecule has 0 aliphatic carbocycles. The molecule has 0 unspecified atom stereocenters. The van der Waals surface area contributed by atoms with Crippen molar-refractivity contribution in [1.82, 2.24) is 4.90 Å². The second kappa shape index (κ2) is 10.9. The van der Waals surface area contributed by atoms with Gasteiger partial charge in [-0.15, -0.1) is 0 Å². The number of rotatable bonds is 4. The summed E-state index contributed by atoms with van der Waals surface area (Å²) in [5.41, 5.74) is 1.42. The number of alkyl halides is 3. The largest absolute Gasteiger partial charge is 0.417 e. The van der Waals surface area contributed by atoms with E-state index in [9.17, 15) is 22.8 Å². The molecule has 3 nitrogen and oxygen atoms in total. The number of fused-ring (bicyclic) bond motifs is 1. The molecule has 1 aliphatic rings. The maximum Gasteiger partial charge on any atom is 0.417 e. The average Bonchev–Trinajstić information content (AvgIpc) is 2.88. The molecular formula is C28H30F3NO2. The lowest BCUT2D eigenvalue weighted by molar-refractivity contribution is -0.136. The maximum absolute atomic E-state index is 13.4. The Balaban J connectivity index is 0.00000158. The predicted octanol–water partition coefficient (Wildman–Crippen LogP) is 7.50. The van der Waals surface area contributed by atoms with Crippen LogP contribution < -0.4 is 0 Å². The third kappa shape index (κ3) is 5.32. The number of carbonyl (C=O) groups is 2. The molecule has 1 heterocycles. The van der Waals surface area contributed by atoms with Crippen LogP contribution in [0, 0.1) is 0 Å². The molecule has 0 atom stereocenters. The lowest BCUT2D eigenvalue weighted by atomic mass is 9.88. The van der Waals surface area contributed by atoms with Crippen LogP contribution in [0.4, 0.5) is 13.2 Å². The van der Waals surface area contributed by atoms with E-state index in [-0.39, 0.29) is 23.0 Å². The van der Waals surface area contributed by atoms with Crippen LogP contribution in [0.5, 0.6) is 0 Å². The summed E-state index contributed by atoms with van der Waals surface area (Å²) >= 11 is 0. The molecule has 6 heteroatoms. The molecule has 1 amide bonds. The van der Waals surface area contributed by atoms with Gasteiger partial charge >= 0.3 is 6.18 Å². The van der Waals surface area contributed by atoms with E-state index in [0.717, 1.165) is 24.5 Å². The van der Waals surface area contributed by atoms with Crippen molar-refractivity contribution in [2.45, 2.75) is 52.1 Å². The van der Waals surface area contributed by atoms with E-state index in [0.29, 0.717) is 36.0 Å². The van der Waals surface area contributed by atoms with Crippen molar-refractivity contribution < 1.29 is 22.8 Å². The Bertz CT molecular complexity index is 1140. The van der Waals surface area contributed by atoms with E-state index in [1.807, 2.05) is 45.0 Å². The van der Waals surface area contributed by atoms with Gasteiger partial charge in [0.25, 0.3) is 5.91 Å². The highest BCUT2D eigenvalue weighted by molar-refractivity contribution is 6.07. The van der Waals surface area contributed by atoms with Gasteiger partial charge in [-0.1, -0.05) is 69.3 Å². The van der Waals surface area contributed by atoms with Gasteiger partial charge in [-0.25, -0.2) is 0 Å². The average molecular weight is 470 g/mol. The van der Waals surface area contributed by atoms with Crippen LogP contribution in [-0.2, 0) is 6.18 Å². The molecule has 0 aromatic heterocycles. The fourth-order valence-corrected chi connectivity index (χ4v) is 4.48. The SMILES string of the molecule is CC.CCC(=O)c1ccc(C2CCN(C(=O)c3cccc4c(C(F)(F)F)cccc34)CC2)cc1.